The van der Waals surface area contributed by atoms with Crippen LogP contribution in [0.5, 0.6) is 0 Å². The topological polar surface area (TPSA) is 43.4 Å². The van der Waals surface area contributed by atoms with Gasteiger partial charge in [0.05, 0.1) is 12.4 Å². The lowest BCUT2D eigenvalue weighted by atomic mass is 10.2. The maximum Gasteiger partial charge on any atom is 0.400 e. The van der Waals surface area contributed by atoms with Crippen molar-refractivity contribution in [2.24, 2.45) is 0 Å². The number of ketones is 1. The fourth-order valence-electron chi connectivity index (χ4n) is 0.708. The third-order valence-electron chi connectivity index (χ3n) is 1.52. The minimum absolute atomic E-state index is 0.173. The van der Waals surface area contributed by atoms with Gasteiger partial charge in [-0.15, -0.1) is 11.8 Å². The number of thioether (sulfide) groups is 1. The number of esters is 1. The summed E-state index contributed by atoms with van der Waals surface area (Å²) >= 11 is 1.07. The molecule has 0 saturated heterocycles. The molecule has 0 rings (SSSR count). The van der Waals surface area contributed by atoms with Crippen molar-refractivity contribution in [1.82, 2.24) is 0 Å². The van der Waals surface area contributed by atoms with Crippen LogP contribution in [0.25, 0.3) is 0 Å². The van der Waals surface area contributed by atoms with Crippen LogP contribution in [0.3, 0.4) is 0 Å². The van der Waals surface area contributed by atoms with E-state index in [1.54, 1.807) is 20.8 Å². The molecule has 0 aliphatic carbocycles. The van der Waals surface area contributed by atoms with E-state index in [0.29, 0.717) is 0 Å². The van der Waals surface area contributed by atoms with Crippen molar-refractivity contribution in [3.05, 3.63) is 0 Å². The van der Waals surface area contributed by atoms with Crippen molar-refractivity contribution >= 4 is 23.5 Å². The number of ether oxygens (including phenoxy) is 1. The van der Waals surface area contributed by atoms with Gasteiger partial charge in [-0.1, -0.05) is 20.8 Å². The Bertz CT molecular complexity index is 272. The first kappa shape index (κ1) is 15.3. The average molecular weight is 254 g/mol. The second-order valence-electron chi connectivity index (χ2n) is 4.12. The van der Waals surface area contributed by atoms with Crippen LogP contribution in [0, 0.1) is 0 Å². The lowest BCUT2D eigenvalue weighted by Crippen LogP contribution is -2.41. The van der Waals surface area contributed by atoms with E-state index in [9.17, 15) is 18.4 Å². The molecule has 3 nitrogen and oxygen atoms in total. The molecule has 0 aliphatic rings. The Labute approximate surface area is 97.9 Å². The molecular formula is C10H16F2O3S. The third kappa shape index (κ3) is 4.92. The molecule has 0 aromatic carbocycles. The van der Waals surface area contributed by atoms with E-state index in [2.05, 4.69) is 4.74 Å². The number of halogens is 2. The summed E-state index contributed by atoms with van der Waals surface area (Å²) in [5.74, 6) is -7.62. The highest BCUT2D eigenvalue weighted by atomic mass is 32.2. The third-order valence-corrected chi connectivity index (χ3v) is 2.79. The van der Waals surface area contributed by atoms with E-state index in [0.717, 1.165) is 11.8 Å². The van der Waals surface area contributed by atoms with Crippen LogP contribution in [0.1, 0.15) is 27.7 Å². The van der Waals surface area contributed by atoms with Gasteiger partial charge in [0.2, 0.25) is 5.78 Å². The number of hydrogen-bond donors (Lipinski definition) is 0. The summed E-state index contributed by atoms with van der Waals surface area (Å²) in [6.45, 7) is 6.63. The number of hydrogen-bond acceptors (Lipinski definition) is 4. The van der Waals surface area contributed by atoms with E-state index in [1.807, 2.05) is 0 Å². The zero-order valence-electron chi connectivity index (χ0n) is 9.80. The molecule has 0 radical (unpaired) electrons. The predicted molar refractivity (Wildman–Crippen MR) is 58.8 cm³/mol. The first-order valence-corrected chi connectivity index (χ1v) is 5.82. The molecule has 0 aromatic heterocycles. The van der Waals surface area contributed by atoms with Crippen molar-refractivity contribution in [2.75, 3.05) is 12.4 Å². The normalized spacial score (nSPS) is 12.4. The Morgan fingerprint density at radius 1 is 1.25 bits per heavy atom. The molecule has 0 fully saturated rings. The molecule has 0 bridgehead atoms. The monoisotopic (exact) mass is 254 g/mol. The molecular weight excluding hydrogens is 238 g/mol. The molecule has 16 heavy (non-hydrogen) atoms. The molecule has 0 heterocycles. The highest BCUT2D eigenvalue weighted by Gasteiger charge is 2.48. The summed E-state index contributed by atoms with van der Waals surface area (Å²) in [5.41, 5.74) is 0. The van der Waals surface area contributed by atoms with Crippen molar-refractivity contribution in [3.8, 4) is 0 Å². The van der Waals surface area contributed by atoms with E-state index in [-0.39, 0.29) is 11.4 Å². The van der Waals surface area contributed by atoms with Gasteiger partial charge in [0.1, 0.15) is 0 Å². The number of alkyl halides is 2. The number of rotatable bonds is 5. The highest BCUT2D eigenvalue weighted by molar-refractivity contribution is 8.01. The number of Topliss-reactive ketones (excluding diaryl/α,β-unsaturated/α-hetero) is 1. The number of carbonyl (C=O) groups is 2. The molecule has 0 aliphatic heterocycles. The largest absolute Gasteiger partial charge is 0.461 e. The molecule has 6 heteroatoms. The van der Waals surface area contributed by atoms with E-state index >= 15 is 0 Å². The average Bonchev–Trinajstić information content (AvgIpc) is 2.13. The zero-order chi connectivity index (χ0) is 13.0. The molecule has 0 amide bonds. The van der Waals surface area contributed by atoms with Crippen LogP contribution < -0.4 is 0 Å². The van der Waals surface area contributed by atoms with E-state index in [4.69, 9.17) is 0 Å². The number of carbonyl (C=O) groups excluding carboxylic acids is 2. The Morgan fingerprint density at radius 2 is 1.75 bits per heavy atom. The van der Waals surface area contributed by atoms with E-state index < -0.39 is 23.4 Å². The Balaban J connectivity index is 4.41. The summed E-state index contributed by atoms with van der Waals surface area (Å²) in [7, 11) is 0. The quantitative estimate of drug-likeness (QED) is 0.557. The lowest BCUT2D eigenvalue weighted by Gasteiger charge is -2.19. The minimum atomic E-state index is -4.03. The van der Waals surface area contributed by atoms with Crippen LogP contribution in [0.2, 0.25) is 0 Å². The van der Waals surface area contributed by atoms with Gasteiger partial charge < -0.3 is 4.74 Å². The highest BCUT2D eigenvalue weighted by Crippen LogP contribution is 2.26. The summed E-state index contributed by atoms with van der Waals surface area (Å²) in [6.07, 6.45) is 0. The van der Waals surface area contributed by atoms with Crippen molar-refractivity contribution < 1.29 is 23.1 Å². The van der Waals surface area contributed by atoms with Gasteiger partial charge in [-0.05, 0) is 6.92 Å². The van der Waals surface area contributed by atoms with Gasteiger partial charge in [0, 0.05) is 4.75 Å². The molecule has 0 atom stereocenters. The molecule has 0 spiro atoms. The van der Waals surface area contributed by atoms with E-state index in [1.165, 1.54) is 6.92 Å². The molecule has 0 saturated carbocycles. The van der Waals surface area contributed by atoms with Gasteiger partial charge in [0.15, 0.2) is 0 Å². The van der Waals surface area contributed by atoms with Crippen LogP contribution >= 0.6 is 11.8 Å². The predicted octanol–water partition coefficient (Wildman–Crippen LogP) is 2.29. The Morgan fingerprint density at radius 3 is 2.12 bits per heavy atom. The van der Waals surface area contributed by atoms with Gasteiger partial charge in [0.25, 0.3) is 0 Å². The van der Waals surface area contributed by atoms with Gasteiger partial charge in [-0.2, -0.15) is 8.78 Å². The van der Waals surface area contributed by atoms with Gasteiger partial charge in [-0.3, -0.25) is 4.79 Å². The SMILES string of the molecule is CCOC(=O)C(F)(F)C(=O)CSC(C)(C)C. The van der Waals surface area contributed by atoms with Crippen LogP contribution in [-0.4, -0.2) is 34.8 Å². The van der Waals surface area contributed by atoms with Crippen LogP contribution in [-0.2, 0) is 14.3 Å². The van der Waals surface area contributed by atoms with Crippen molar-refractivity contribution in [2.45, 2.75) is 38.4 Å². The maximum absolute atomic E-state index is 13.1. The van der Waals surface area contributed by atoms with Crippen molar-refractivity contribution in [3.63, 3.8) is 0 Å². The Kier molecular flexibility index (Phi) is 5.38. The molecule has 94 valence electrons. The fraction of sp³-hybridized carbons (Fsp3) is 0.800. The molecule has 0 N–H and O–H groups in total. The summed E-state index contributed by atoms with van der Waals surface area (Å²) < 4.78 is 30.1. The minimum Gasteiger partial charge on any atom is -0.461 e. The smallest absolute Gasteiger partial charge is 0.400 e. The summed E-state index contributed by atoms with van der Waals surface area (Å²) in [4.78, 5) is 22.0. The zero-order valence-corrected chi connectivity index (χ0v) is 10.6. The second-order valence-corrected chi connectivity index (χ2v) is 5.92. The Hall–Kier alpha value is -0.650. The first-order valence-electron chi connectivity index (χ1n) is 4.83. The van der Waals surface area contributed by atoms with Crippen LogP contribution in [0.4, 0.5) is 8.78 Å². The summed E-state index contributed by atoms with van der Waals surface area (Å²) in [5, 5.41) is 0. The summed E-state index contributed by atoms with van der Waals surface area (Å²) in [6, 6.07) is 0. The maximum atomic E-state index is 13.1. The standard InChI is InChI=1S/C10H16F2O3S/c1-5-15-8(14)10(11,12)7(13)6-16-9(2,3)4/h5-6H2,1-4H3. The second kappa shape index (κ2) is 5.61. The van der Waals surface area contributed by atoms with Gasteiger partial charge in [-0.25, -0.2) is 4.79 Å². The lowest BCUT2D eigenvalue weighted by molar-refractivity contribution is -0.175. The molecule has 0 unspecified atom stereocenters. The molecule has 0 aromatic rings. The van der Waals surface area contributed by atoms with Crippen molar-refractivity contribution in [1.29, 1.82) is 0 Å². The van der Waals surface area contributed by atoms with Gasteiger partial charge >= 0.3 is 11.9 Å². The van der Waals surface area contributed by atoms with Crippen LogP contribution in [0.15, 0.2) is 0 Å². The fourth-order valence-corrected chi connectivity index (χ4v) is 1.45. The first-order chi connectivity index (χ1) is 7.11.